The van der Waals surface area contributed by atoms with Crippen LogP contribution >= 0.6 is 0 Å². The first kappa shape index (κ1) is 24.5. The van der Waals surface area contributed by atoms with E-state index in [9.17, 15) is 9.59 Å². The Balaban J connectivity index is 2.34. The van der Waals surface area contributed by atoms with Crippen LogP contribution in [0.4, 0.5) is 0 Å². The number of fused-ring (bicyclic) bond motifs is 1. The van der Waals surface area contributed by atoms with Gasteiger partial charge in [-0.05, 0) is 49.7 Å². The molecule has 0 bridgehead atoms. The van der Waals surface area contributed by atoms with Crippen LogP contribution in [0.25, 0.3) is 11.0 Å². The highest BCUT2D eigenvalue weighted by atomic mass is 16.5. The summed E-state index contributed by atoms with van der Waals surface area (Å²) in [6.45, 7) is 8.50. The number of nitrogens with zero attached hydrogens (tertiary/aromatic N) is 2. The summed E-state index contributed by atoms with van der Waals surface area (Å²) in [7, 11) is 1.59. The third-order valence-corrected chi connectivity index (χ3v) is 6.26. The van der Waals surface area contributed by atoms with E-state index < -0.39 is 11.4 Å². The predicted molar refractivity (Wildman–Crippen MR) is 131 cm³/mol. The zero-order valence-electron chi connectivity index (χ0n) is 20.3. The lowest BCUT2D eigenvalue weighted by molar-refractivity contribution is -0.127. The third kappa shape index (κ3) is 5.10. The molecule has 6 heteroatoms. The fraction of sp³-hybridized carbons (Fsp3) is 0.444. The zero-order valence-corrected chi connectivity index (χ0v) is 20.3. The summed E-state index contributed by atoms with van der Waals surface area (Å²) in [5.74, 6) is 0.948. The van der Waals surface area contributed by atoms with Crippen molar-refractivity contribution in [3.05, 3.63) is 59.9 Å². The number of carbonyl (C=O) groups is 2. The minimum atomic E-state index is -1.07. The first-order valence-corrected chi connectivity index (χ1v) is 11.7. The van der Waals surface area contributed by atoms with Crippen LogP contribution in [0.15, 0.2) is 48.5 Å². The number of primary amides is 1. The van der Waals surface area contributed by atoms with Crippen molar-refractivity contribution in [2.75, 3.05) is 7.11 Å². The van der Waals surface area contributed by atoms with Gasteiger partial charge in [0, 0.05) is 11.6 Å². The molecule has 0 saturated carbocycles. The van der Waals surface area contributed by atoms with E-state index in [-0.39, 0.29) is 11.6 Å². The molecule has 2 N–H and O–H groups in total. The van der Waals surface area contributed by atoms with Crippen LogP contribution in [0.5, 0.6) is 5.75 Å². The van der Waals surface area contributed by atoms with Gasteiger partial charge in [-0.25, -0.2) is 4.98 Å². The van der Waals surface area contributed by atoms with Gasteiger partial charge in [0.2, 0.25) is 11.7 Å². The maximum absolute atomic E-state index is 13.7. The lowest BCUT2D eigenvalue weighted by atomic mass is 9.82. The molecule has 176 valence electrons. The van der Waals surface area contributed by atoms with Gasteiger partial charge < -0.3 is 15.0 Å². The highest BCUT2D eigenvalue weighted by molar-refractivity contribution is 6.09. The average molecular weight is 450 g/mol. The molecule has 3 aromatic rings. The number of imidazole rings is 1. The van der Waals surface area contributed by atoms with E-state index in [2.05, 4.69) is 27.7 Å². The lowest BCUT2D eigenvalue weighted by Gasteiger charge is -2.35. The Morgan fingerprint density at radius 1 is 1.00 bits per heavy atom. The average Bonchev–Trinajstić information content (AvgIpc) is 3.18. The topological polar surface area (TPSA) is 87.2 Å². The maximum atomic E-state index is 13.7. The molecule has 0 atom stereocenters. The van der Waals surface area contributed by atoms with Crippen molar-refractivity contribution < 1.29 is 14.3 Å². The molecular formula is C27H35N3O3. The van der Waals surface area contributed by atoms with E-state index in [1.54, 1.807) is 19.2 Å². The summed E-state index contributed by atoms with van der Waals surface area (Å²) in [5, 5.41) is 0. The number of nitrogens with two attached hydrogens (primary N) is 1. The number of amides is 1. The number of rotatable bonds is 11. The van der Waals surface area contributed by atoms with Gasteiger partial charge in [0.25, 0.3) is 0 Å². The SMILES string of the molecule is COc1ccc2nc(C(=O)c3ccccc3)n(C(CCC(C)C)(CCC(C)C)C(N)=O)c2c1. The first-order valence-electron chi connectivity index (χ1n) is 11.7. The van der Waals surface area contributed by atoms with Crippen LogP contribution in [0.1, 0.15) is 69.6 Å². The van der Waals surface area contributed by atoms with Crippen LogP contribution in [0.3, 0.4) is 0 Å². The second-order valence-electron chi connectivity index (χ2n) is 9.58. The minimum absolute atomic E-state index is 0.231. The zero-order chi connectivity index (χ0) is 24.2. The van der Waals surface area contributed by atoms with Gasteiger partial charge in [-0.15, -0.1) is 0 Å². The van der Waals surface area contributed by atoms with Crippen LogP contribution in [0.2, 0.25) is 0 Å². The Morgan fingerprint density at radius 3 is 2.12 bits per heavy atom. The lowest BCUT2D eigenvalue weighted by Crippen LogP contribution is -2.48. The molecule has 1 aromatic heterocycles. The van der Waals surface area contributed by atoms with Gasteiger partial charge >= 0.3 is 0 Å². The second kappa shape index (κ2) is 10.2. The van der Waals surface area contributed by atoms with Gasteiger partial charge in [0.05, 0.1) is 18.1 Å². The van der Waals surface area contributed by atoms with Crippen LogP contribution in [0, 0.1) is 11.8 Å². The highest BCUT2D eigenvalue weighted by Crippen LogP contribution is 2.37. The van der Waals surface area contributed by atoms with Gasteiger partial charge in [-0.3, -0.25) is 9.59 Å². The number of methoxy groups -OCH3 is 1. The number of ether oxygens (including phenoxy) is 1. The molecule has 1 heterocycles. The number of hydrogen-bond donors (Lipinski definition) is 1. The standard InChI is InChI=1S/C27H35N3O3/c1-18(2)13-15-27(26(28)32,16-14-19(3)4)30-23-17-21(33-5)11-12-22(23)29-25(30)24(31)20-9-7-6-8-10-20/h6-12,17-19H,13-16H2,1-5H3,(H2,28,32). The van der Waals surface area contributed by atoms with E-state index in [0.717, 1.165) is 12.8 Å². The fourth-order valence-electron chi connectivity index (χ4n) is 4.25. The Morgan fingerprint density at radius 2 is 1.61 bits per heavy atom. The predicted octanol–water partition coefficient (Wildman–Crippen LogP) is 5.33. The third-order valence-electron chi connectivity index (χ3n) is 6.26. The van der Waals surface area contributed by atoms with Crippen molar-refractivity contribution >= 4 is 22.7 Å². The molecule has 1 amide bonds. The molecule has 0 spiro atoms. The van der Waals surface area contributed by atoms with Crippen LogP contribution < -0.4 is 10.5 Å². The van der Waals surface area contributed by atoms with E-state index in [1.807, 2.05) is 41.0 Å². The van der Waals surface area contributed by atoms with Gasteiger partial charge in [0.1, 0.15) is 11.3 Å². The fourth-order valence-corrected chi connectivity index (χ4v) is 4.25. The molecule has 0 aliphatic carbocycles. The molecule has 3 rings (SSSR count). The van der Waals surface area contributed by atoms with Crippen molar-refractivity contribution in [3.8, 4) is 5.75 Å². The van der Waals surface area contributed by atoms with E-state index in [0.29, 0.717) is 47.0 Å². The monoisotopic (exact) mass is 449 g/mol. The van der Waals surface area contributed by atoms with E-state index in [1.165, 1.54) is 0 Å². The van der Waals surface area contributed by atoms with E-state index >= 15 is 0 Å². The quantitative estimate of drug-likeness (QED) is 0.401. The molecule has 0 unspecified atom stereocenters. The molecule has 2 aromatic carbocycles. The van der Waals surface area contributed by atoms with Crippen LogP contribution in [-0.4, -0.2) is 28.4 Å². The van der Waals surface area contributed by atoms with Crippen molar-refractivity contribution in [1.82, 2.24) is 9.55 Å². The number of benzene rings is 2. The van der Waals surface area contributed by atoms with Gasteiger partial charge in [0.15, 0.2) is 5.82 Å². The summed E-state index contributed by atoms with van der Waals surface area (Å²) in [4.78, 5) is 31.7. The molecule has 33 heavy (non-hydrogen) atoms. The first-order chi connectivity index (χ1) is 15.7. The van der Waals surface area contributed by atoms with Gasteiger partial charge in [-0.2, -0.15) is 0 Å². The Kier molecular flexibility index (Phi) is 7.57. The smallest absolute Gasteiger partial charge is 0.243 e. The number of aromatic nitrogens is 2. The highest BCUT2D eigenvalue weighted by Gasteiger charge is 2.42. The van der Waals surface area contributed by atoms with Crippen LogP contribution in [-0.2, 0) is 10.3 Å². The van der Waals surface area contributed by atoms with Crippen molar-refractivity contribution in [3.63, 3.8) is 0 Å². The Bertz CT molecular complexity index is 1100. The molecular weight excluding hydrogens is 414 g/mol. The maximum Gasteiger partial charge on any atom is 0.243 e. The molecule has 0 saturated heterocycles. The summed E-state index contributed by atoms with van der Waals surface area (Å²) >= 11 is 0. The Hall–Kier alpha value is -3.15. The minimum Gasteiger partial charge on any atom is -0.497 e. The normalized spacial score (nSPS) is 12.0. The second-order valence-corrected chi connectivity index (χ2v) is 9.58. The summed E-state index contributed by atoms with van der Waals surface area (Å²) in [5.41, 5.74) is 6.94. The Labute approximate surface area is 196 Å². The molecule has 0 fully saturated rings. The molecule has 0 radical (unpaired) electrons. The summed E-state index contributed by atoms with van der Waals surface area (Å²) < 4.78 is 7.27. The van der Waals surface area contributed by atoms with Gasteiger partial charge in [-0.1, -0.05) is 58.0 Å². The van der Waals surface area contributed by atoms with E-state index in [4.69, 9.17) is 15.5 Å². The number of carbonyl (C=O) groups excluding carboxylic acids is 2. The largest absolute Gasteiger partial charge is 0.497 e. The molecule has 6 nitrogen and oxygen atoms in total. The number of hydrogen-bond acceptors (Lipinski definition) is 4. The number of ketones is 1. The van der Waals surface area contributed by atoms with Crippen molar-refractivity contribution in [2.45, 2.75) is 58.9 Å². The molecule has 0 aliphatic rings. The summed E-state index contributed by atoms with van der Waals surface area (Å²) in [6, 6.07) is 14.5. The summed E-state index contributed by atoms with van der Waals surface area (Å²) in [6.07, 6.45) is 2.65. The van der Waals surface area contributed by atoms with Crippen molar-refractivity contribution in [2.24, 2.45) is 17.6 Å². The molecule has 0 aliphatic heterocycles. The van der Waals surface area contributed by atoms with Crippen molar-refractivity contribution in [1.29, 1.82) is 0 Å².